The zero-order chi connectivity index (χ0) is 12.4. The molecule has 0 aliphatic carbocycles. The highest BCUT2D eigenvalue weighted by atomic mass is 16.1. The van der Waals surface area contributed by atoms with Crippen molar-refractivity contribution in [2.45, 2.75) is 20.4 Å². The SMILES string of the molecule is Cc1nn(C)cc1CNC(=O)C1CNCC1C. The predicted octanol–water partition coefficient (Wildman–Crippen LogP) is 0.200. The molecule has 0 spiro atoms. The number of carbonyl (C=O) groups is 1. The predicted molar refractivity (Wildman–Crippen MR) is 65.3 cm³/mol. The second-order valence-corrected chi connectivity index (χ2v) is 4.87. The third-order valence-electron chi connectivity index (χ3n) is 3.42. The Morgan fingerprint density at radius 3 is 2.94 bits per heavy atom. The first-order chi connectivity index (χ1) is 8.08. The fraction of sp³-hybridized carbons (Fsp3) is 0.667. The Morgan fingerprint density at radius 1 is 1.65 bits per heavy atom. The van der Waals surface area contributed by atoms with E-state index in [1.807, 2.05) is 20.2 Å². The average molecular weight is 236 g/mol. The van der Waals surface area contributed by atoms with Crippen molar-refractivity contribution in [3.05, 3.63) is 17.5 Å². The quantitative estimate of drug-likeness (QED) is 0.788. The van der Waals surface area contributed by atoms with Gasteiger partial charge >= 0.3 is 0 Å². The number of rotatable bonds is 3. The second kappa shape index (κ2) is 4.87. The zero-order valence-corrected chi connectivity index (χ0v) is 10.7. The average Bonchev–Trinajstić information content (AvgIpc) is 2.81. The van der Waals surface area contributed by atoms with Gasteiger partial charge in [-0.3, -0.25) is 9.48 Å². The molecule has 2 atom stereocenters. The van der Waals surface area contributed by atoms with Gasteiger partial charge in [0, 0.05) is 31.9 Å². The van der Waals surface area contributed by atoms with Crippen LogP contribution in [-0.2, 0) is 18.4 Å². The molecular weight excluding hydrogens is 216 g/mol. The molecule has 1 aliphatic heterocycles. The number of hydrogen-bond acceptors (Lipinski definition) is 3. The van der Waals surface area contributed by atoms with Crippen LogP contribution in [0.1, 0.15) is 18.2 Å². The molecule has 1 saturated heterocycles. The molecule has 5 nitrogen and oxygen atoms in total. The van der Waals surface area contributed by atoms with Crippen LogP contribution in [0.3, 0.4) is 0 Å². The Morgan fingerprint density at radius 2 is 2.41 bits per heavy atom. The molecule has 0 bridgehead atoms. The van der Waals surface area contributed by atoms with E-state index in [0.717, 1.165) is 24.3 Å². The lowest BCUT2D eigenvalue weighted by Crippen LogP contribution is -2.33. The molecule has 0 aromatic carbocycles. The summed E-state index contributed by atoms with van der Waals surface area (Å²) in [5.41, 5.74) is 2.06. The summed E-state index contributed by atoms with van der Waals surface area (Å²) in [7, 11) is 1.89. The molecule has 2 rings (SSSR count). The Hall–Kier alpha value is -1.36. The number of nitrogens with one attached hydrogen (secondary N) is 2. The van der Waals surface area contributed by atoms with Gasteiger partial charge < -0.3 is 10.6 Å². The highest BCUT2D eigenvalue weighted by Gasteiger charge is 2.29. The van der Waals surface area contributed by atoms with Gasteiger partial charge in [-0.2, -0.15) is 5.10 Å². The molecule has 5 heteroatoms. The molecule has 2 N–H and O–H groups in total. The minimum absolute atomic E-state index is 0.104. The van der Waals surface area contributed by atoms with Gasteiger partial charge in [-0.1, -0.05) is 6.92 Å². The topological polar surface area (TPSA) is 59.0 Å². The molecule has 17 heavy (non-hydrogen) atoms. The molecule has 1 aliphatic rings. The van der Waals surface area contributed by atoms with Gasteiger partial charge in [0.25, 0.3) is 0 Å². The number of aryl methyl sites for hydroxylation is 2. The van der Waals surface area contributed by atoms with Crippen LogP contribution < -0.4 is 10.6 Å². The highest BCUT2D eigenvalue weighted by molar-refractivity contribution is 5.79. The van der Waals surface area contributed by atoms with Crippen LogP contribution in [0.25, 0.3) is 0 Å². The number of carbonyl (C=O) groups excluding carboxylic acids is 1. The van der Waals surface area contributed by atoms with E-state index in [2.05, 4.69) is 22.7 Å². The summed E-state index contributed by atoms with van der Waals surface area (Å²) in [4.78, 5) is 12.0. The summed E-state index contributed by atoms with van der Waals surface area (Å²) < 4.78 is 1.77. The maximum absolute atomic E-state index is 12.0. The van der Waals surface area contributed by atoms with Crippen molar-refractivity contribution in [1.82, 2.24) is 20.4 Å². The molecule has 0 saturated carbocycles. The van der Waals surface area contributed by atoms with E-state index in [0.29, 0.717) is 12.5 Å². The minimum atomic E-state index is 0.104. The molecule has 1 amide bonds. The Kier molecular flexibility index (Phi) is 3.47. The van der Waals surface area contributed by atoms with Crippen molar-refractivity contribution in [1.29, 1.82) is 0 Å². The van der Waals surface area contributed by atoms with Gasteiger partial charge in [0.2, 0.25) is 5.91 Å². The summed E-state index contributed by atoms with van der Waals surface area (Å²) in [5.74, 6) is 0.669. The summed E-state index contributed by atoms with van der Waals surface area (Å²) in [6.07, 6.45) is 1.95. The van der Waals surface area contributed by atoms with Crippen molar-refractivity contribution < 1.29 is 4.79 Å². The largest absolute Gasteiger partial charge is 0.352 e. The molecular formula is C12H20N4O. The first-order valence-electron chi connectivity index (χ1n) is 6.05. The lowest BCUT2D eigenvalue weighted by atomic mass is 9.97. The van der Waals surface area contributed by atoms with Crippen molar-refractivity contribution in [3.63, 3.8) is 0 Å². The first kappa shape index (κ1) is 12.1. The Balaban J connectivity index is 1.90. The molecule has 1 fully saturated rings. The van der Waals surface area contributed by atoms with Gasteiger partial charge in [0.1, 0.15) is 0 Å². The van der Waals surface area contributed by atoms with Gasteiger partial charge in [-0.05, 0) is 19.4 Å². The number of nitrogens with zero attached hydrogens (tertiary/aromatic N) is 2. The van der Waals surface area contributed by atoms with Crippen LogP contribution >= 0.6 is 0 Å². The van der Waals surface area contributed by atoms with Crippen LogP contribution in [0.2, 0.25) is 0 Å². The maximum atomic E-state index is 12.0. The lowest BCUT2D eigenvalue weighted by Gasteiger charge is -2.13. The van der Waals surface area contributed by atoms with E-state index in [4.69, 9.17) is 0 Å². The standard InChI is InChI=1S/C12H20N4O/c1-8-4-13-6-11(8)12(17)14-5-10-7-16(3)15-9(10)2/h7-8,11,13H,4-6H2,1-3H3,(H,14,17). The third-order valence-corrected chi connectivity index (χ3v) is 3.42. The summed E-state index contributed by atoms with van der Waals surface area (Å²) in [6.45, 7) is 6.37. The van der Waals surface area contributed by atoms with E-state index in [-0.39, 0.29) is 11.8 Å². The van der Waals surface area contributed by atoms with Crippen LogP contribution in [0.4, 0.5) is 0 Å². The smallest absolute Gasteiger partial charge is 0.224 e. The van der Waals surface area contributed by atoms with E-state index in [9.17, 15) is 4.79 Å². The molecule has 2 unspecified atom stereocenters. The van der Waals surface area contributed by atoms with Crippen molar-refractivity contribution in [2.24, 2.45) is 18.9 Å². The fourth-order valence-electron chi connectivity index (χ4n) is 2.30. The Labute approximate surface area is 102 Å². The van der Waals surface area contributed by atoms with Gasteiger partial charge in [0.15, 0.2) is 0 Å². The summed E-state index contributed by atoms with van der Waals surface area (Å²) in [6, 6.07) is 0. The maximum Gasteiger partial charge on any atom is 0.224 e. The van der Waals surface area contributed by atoms with Crippen LogP contribution in [0.5, 0.6) is 0 Å². The summed E-state index contributed by atoms with van der Waals surface area (Å²) >= 11 is 0. The van der Waals surface area contributed by atoms with E-state index in [1.54, 1.807) is 4.68 Å². The zero-order valence-electron chi connectivity index (χ0n) is 10.7. The summed E-state index contributed by atoms with van der Waals surface area (Å²) in [5, 5.41) is 10.5. The number of aromatic nitrogens is 2. The van der Waals surface area contributed by atoms with Crippen LogP contribution in [0.15, 0.2) is 6.20 Å². The third kappa shape index (κ3) is 2.66. The normalized spacial score (nSPS) is 23.9. The number of amides is 1. The minimum Gasteiger partial charge on any atom is -0.352 e. The van der Waals surface area contributed by atoms with Gasteiger partial charge in [-0.15, -0.1) is 0 Å². The van der Waals surface area contributed by atoms with Crippen molar-refractivity contribution in [2.75, 3.05) is 13.1 Å². The van der Waals surface area contributed by atoms with Gasteiger partial charge in [0.05, 0.1) is 11.6 Å². The molecule has 1 aromatic heterocycles. The highest BCUT2D eigenvalue weighted by Crippen LogP contribution is 2.16. The van der Waals surface area contributed by atoms with E-state index >= 15 is 0 Å². The van der Waals surface area contributed by atoms with Crippen LogP contribution in [0, 0.1) is 18.8 Å². The second-order valence-electron chi connectivity index (χ2n) is 4.87. The first-order valence-corrected chi connectivity index (χ1v) is 6.05. The molecule has 2 heterocycles. The van der Waals surface area contributed by atoms with Crippen LogP contribution in [-0.4, -0.2) is 28.8 Å². The van der Waals surface area contributed by atoms with E-state index < -0.39 is 0 Å². The van der Waals surface area contributed by atoms with Crippen molar-refractivity contribution in [3.8, 4) is 0 Å². The molecule has 94 valence electrons. The van der Waals surface area contributed by atoms with Gasteiger partial charge in [-0.25, -0.2) is 0 Å². The molecule has 1 aromatic rings. The lowest BCUT2D eigenvalue weighted by molar-refractivity contribution is -0.125. The van der Waals surface area contributed by atoms with E-state index in [1.165, 1.54) is 0 Å². The number of hydrogen-bond donors (Lipinski definition) is 2. The molecule has 0 radical (unpaired) electrons. The monoisotopic (exact) mass is 236 g/mol. The fourth-order valence-corrected chi connectivity index (χ4v) is 2.30. The van der Waals surface area contributed by atoms with Crippen molar-refractivity contribution >= 4 is 5.91 Å². The Bertz CT molecular complexity index is 413.